The molecule has 0 spiro atoms. The number of amides is 1. The predicted molar refractivity (Wildman–Crippen MR) is 102 cm³/mol. The number of nitrogens with one attached hydrogen (secondary N) is 1. The summed E-state index contributed by atoms with van der Waals surface area (Å²) >= 11 is 12.0. The molecule has 3 aromatic rings. The molecule has 0 aliphatic carbocycles. The molecule has 1 amide bonds. The number of hydrogen-bond acceptors (Lipinski definition) is 6. The molecular formula is C16H15Cl2N7O3. The molecule has 28 heavy (non-hydrogen) atoms. The summed E-state index contributed by atoms with van der Waals surface area (Å²) < 4.78 is 2.77. The molecule has 146 valence electrons. The summed E-state index contributed by atoms with van der Waals surface area (Å²) in [5, 5.41) is 22.5. The van der Waals surface area contributed by atoms with Gasteiger partial charge in [-0.3, -0.25) is 24.9 Å². The number of anilines is 1. The molecule has 1 aromatic carbocycles. The van der Waals surface area contributed by atoms with Crippen LogP contribution >= 0.6 is 23.2 Å². The quantitative estimate of drug-likeness (QED) is 0.459. The van der Waals surface area contributed by atoms with Crippen LogP contribution in [0.5, 0.6) is 0 Å². The van der Waals surface area contributed by atoms with Crippen LogP contribution in [0, 0.1) is 10.1 Å². The van der Waals surface area contributed by atoms with E-state index in [2.05, 4.69) is 20.5 Å². The average Bonchev–Trinajstić information content (AvgIpc) is 3.28. The number of benzene rings is 1. The Labute approximate surface area is 169 Å². The Kier molecular flexibility index (Phi) is 5.90. The van der Waals surface area contributed by atoms with Gasteiger partial charge in [-0.25, -0.2) is 9.67 Å². The molecule has 0 aliphatic rings. The Balaban J connectivity index is 1.69. The molecule has 2 aromatic heterocycles. The van der Waals surface area contributed by atoms with Gasteiger partial charge in [0.15, 0.2) is 0 Å². The van der Waals surface area contributed by atoms with Crippen molar-refractivity contribution in [3.63, 3.8) is 0 Å². The fraction of sp³-hybridized carbons (Fsp3) is 0.250. The summed E-state index contributed by atoms with van der Waals surface area (Å²) in [5.74, 6) is -0.321. The average molecular weight is 424 g/mol. The lowest BCUT2D eigenvalue weighted by Crippen LogP contribution is -2.26. The smallest absolute Gasteiger partial charge is 0.291 e. The number of nitrogens with zero attached hydrogens (tertiary/aromatic N) is 6. The minimum Gasteiger partial charge on any atom is -0.291 e. The minimum atomic E-state index is -0.730. The van der Waals surface area contributed by atoms with Crippen LogP contribution in [0.25, 0.3) is 0 Å². The van der Waals surface area contributed by atoms with E-state index < -0.39 is 16.9 Å². The van der Waals surface area contributed by atoms with Crippen molar-refractivity contribution in [3.05, 3.63) is 62.6 Å². The van der Waals surface area contributed by atoms with Crippen LogP contribution in [0.3, 0.4) is 0 Å². The fourth-order valence-electron chi connectivity index (χ4n) is 2.53. The Morgan fingerprint density at radius 2 is 2.18 bits per heavy atom. The zero-order valence-electron chi connectivity index (χ0n) is 14.6. The summed E-state index contributed by atoms with van der Waals surface area (Å²) in [6.45, 7) is 2.12. The molecule has 0 saturated heterocycles. The van der Waals surface area contributed by atoms with Gasteiger partial charge in [0.25, 0.3) is 5.91 Å². The standard InChI is InChI=1S/C16H15Cl2N7O3/c1-2-14(24-8-12(6-20-24)25(27)28)15(26)21-16-19-9-23(22-16)7-10-3-4-11(17)5-13(10)18/h3-6,8-9,14H,2,7H2,1H3,(H,21,22,26). The highest BCUT2D eigenvalue weighted by Gasteiger charge is 2.23. The Bertz CT molecular complexity index is 1020. The van der Waals surface area contributed by atoms with Gasteiger partial charge in [-0.1, -0.05) is 36.2 Å². The van der Waals surface area contributed by atoms with E-state index in [4.69, 9.17) is 23.2 Å². The third-order valence-electron chi connectivity index (χ3n) is 3.93. The highest BCUT2D eigenvalue weighted by molar-refractivity contribution is 6.35. The van der Waals surface area contributed by atoms with E-state index in [0.29, 0.717) is 23.0 Å². The minimum absolute atomic E-state index is 0.107. The van der Waals surface area contributed by atoms with Gasteiger partial charge in [-0.2, -0.15) is 5.10 Å². The molecule has 0 saturated carbocycles. The molecule has 12 heteroatoms. The van der Waals surface area contributed by atoms with Crippen LogP contribution < -0.4 is 5.32 Å². The monoisotopic (exact) mass is 423 g/mol. The Morgan fingerprint density at radius 3 is 2.82 bits per heavy atom. The zero-order chi connectivity index (χ0) is 20.3. The van der Waals surface area contributed by atoms with Gasteiger partial charge >= 0.3 is 5.69 Å². The third kappa shape index (κ3) is 4.46. The molecule has 10 nitrogen and oxygen atoms in total. The number of aromatic nitrogens is 5. The van der Waals surface area contributed by atoms with E-state index in [-0.39, 0.29) is 11.6 Å². The summed E-state index contributed by atoms with van der Waals surface area (Å²) in [5.41, 5.74) is 0.609. The van der Waals surface area contributed by atoms with Crippen LogP contribution in [0.1, 0.15) is 24.9 Å². The number of nitro groups is 1. The normalized spacial score (nSPS) is 12.0. The van der Waals surface area contributed by atoms with Crippen LogP contribution in [0.15, 0.2) is 36.9 Å². The van der Waals surface area contributed by atoms with Crippen molar-refractivity contribution in [1.82, 2.24) is 24.5 Å². The van der Waals surface area contributed by atoms with Gasteiger partial charge in [0.1, 0.15) is 24.8 Å². The second-order valence-corrected chi connectivity index (χ2v) is 6.69. The van der Waals surface area contributed by atoms with Crippen molar-refractivity contribution in [1.29, 1.82) is 0 Å². The zero-order valence-corrected chi connectivity index (χ0v) is 16.1. The number of rotatable bonds is 7. The third-order valence-corrected chi connectivity index (χ3v) is 4.51. The first-order chi connectivity index (χ1) is 13.4. The first-order valence-corrected chi connectivity index (χ1v) is 8.95. The largest absolute Gasteiger partial charge is 0.307 e. The van der Waals surface area contributed by atoms with Gasteiger partial charge in [0.05, 0.1) is 11.5 Å². The fourth-order valence-corrected chi connectivity index (χ4v) is 3.00. The lowest BCUT2D eigenvalue weighted by atomic mass is 10.2. The molecule has 0 aliphatic heterocycles. The van der Waals surface area contributed by atoms with Crippen molar-refractivity contribution in [2.75, 3.05) is 5.32 Å². The second-order valence-electron chi connectivity index (χ2n) is 5.85. The number of carbonyl (C=O) groups is 1. The van der Waals surface area contributed by atoms with Crippen LogP contribution in [-0.4, -0.2) is 35.4 Å². The van der Waals surface area contributed by atoms with E-state index >= 15 is 0 Å². The van der Waals surface area contributed by atoms with Crippen molar-refractivity contribution in [2.24, 2.45) is 0 Å². The first-order valence-electron chi connectivity index (χ1n) is 8.20. The Hall–Kier alpha value is -2.98. The van der Waals surface area contributed by atoms with E-state index in [1.54, 1.807) is 25.1 Å². The first kappa shape index (κ1) is 19.8. The van der Waals surface area contributed by atoms with Crippen molar-refractivity contribution < 1.29 is 9.72 Å². The summed E-state index contributed by atoms with van der Waals surface area (Å²) in [6.07, 6.45) is 4.15. The van der Waals surface area contributed by atoms with Crippen molar-refractivity contribution in [2.45, 2.75) is 25.9 Å². The molecule has 1 N–H and O–H groups in total. The lowest BCUT2D eigenvalue weighted by molar-refractivity contribution is -0.385. The van der Waals surface area contributed by atoms with Crippen molar-refractivity contribution >= 4 is 40.7 Å². The highest BCUT2D eigenvalue weighted by atomic mass is 35.5. The Morgan fingerprint density at radius 1 is 1.39 bits per heavy atom. The maximum atomic E-state index is 12.5. The van der Waals surface area contributed by atoms with Crippen LogP contribution in [0.2, 0.25) is 10.0 Å². The van der Waals surface area contributed by atoms with Gasteiger partial charge < -0.3 is 0 Å². The topological polar surface area (TPSA) is 121 Å². The van der Waals surface area contributed by atoms with Gasteiger partial charge in [-0.05, 0) is 24.1 Å². The molecule has 1 atom stereocenters. The highest BCUT2D eigenvalue weighted by Crippen LogP contribution is 2.22. The van der Waals surface area contributed by atoms with Crippen molar-refractivity contribution in [3.8, 4) is 0 Å². The summed E-state index contributed by atoms with van der Waals surface area (Å²) in [6, 6.07) is 4.40. The summed E-state index contributed by atoms with van der Waals surface area (Å²) in [4.78, 5) is 26.8. The van der Waals surface area contributed by atoms with E-state index in [1.807, 2.05) is 0 Å². The van der Waals surface area contributed by atoms with E-state index in [1.165, 1.54) is 21.9 Å². The SMILES string of the molecule is CCC(C(=O)Nc1ncn(Cc2ccc(Cl)cc2Cl)n1)n1cc([N+](=O)[O-])cn1. The predicted octanol–water partition coefficient (Wildman–Crippen LogP) is 3.33. The van der Waals surface area contributed by atoms with Crippen LogP contribution in [0.4, 0.5) is 11.6 Å². The number of halogens is 2. The van der Waals surface area contributed by atoms with Gasteiger partial charge in [0, 0.05) is 10.0 Å². The van der Waals surface area contributed by atoms with Crippen LogP contribution in [-0.2, 0) is 11.3 Å². The molecular weight excluding hydrogens is 409 g/mol. The molecule has 1 unspecified atom stereocenters. The van der Waals surface area contributed by atoms with E-state index in [9.17, 15) is 14.9 Å². The molecule has 0 radical (unpaired) electrons. The number of carbonyl (C=O) groups excluding carboxylic acids is 1. The molecule has 0 fully saturated rings. The second kappa shape index (κ2) is 8.36. The lowest BCUT2D eigenvalue weighted by Gasteiger charge is -2.13. The molecule has 0 bridgehead atoms. The van der Waals surface area contributed by atoms with Gasteiger partial charge in [0.2, 0.25) is 5.95 Å². The molecule has 3 rings (SSSR count). The number of hydrogen-bond donors (Lipinski definition) is 1. The summed E-state index contributed by atoms with van der Waals surface area (Å²) in [7, 11) is 0. The maximum Gasteiger partial charge on any atom is 0.307 e. The molecule has 2 heterocycles. The van der Waals surface area contributed by atoms with Gasteiger partial charge in [-0.15, -0.1) is 5.10 Å². The maximum absolute atomic E-state index is 12.5. The van der Waals surface area contributed by atoms with E-state index in [0.717, 1.165) is 11.8 Å².